The van der Waals surface area contributed by atoms with Gasteiger partial charge in [-0.15, -0.1) is 0 Å². The van der Waals surface area contributed by atoms with Gasteiger partial charge >= 0.3 is 0 Å². The number of nitro benzene ring substituents is 1. The maximum Gasteiger partial charge on any atom is 0.269 e. The van der Waals surface area contributed by atoms with Crippen LogP contribution in [-0.4, -0.2) is 21.5 Å². The zero-order chi connectivity index (χ0) is 24.8. The van der Waals surface area contributed by atoms with E-state index in [4.69, 9.17) is 9.47 Å². The number of aromatic nitrogens is 2. The molecule has 1 N–H and O–H groups in total. The van der Waals surface area contributed by atoms with Crippen molar-refractivity contribution in [1.82, 2.24) is 9.97 Å². The van der Waals surface area contributed by atoms with Gasteiger partial charge in [0.05, 0.1) is 31.0 Å². The van der Waals surface area contributed by atoms with Crippen molar-refractivity contribution in [3.63, 3.8) is 0 Å². The number of fused-ring (bicyclic) bond motifs is 1. The fraction of sp³-hybridized carbons (Fsp3) is 0.120. The van der Waals surface area contributed by atoms with Crippen molar-refractivity contribution in [3.8, 4) is 17.6 Å². The van der Waals surface area contributed by atoms with Gasteiger partial charge in [-0.2, -0.15) is 5.26 Å². The molecule has 0 fully saturated rings. The summed E-state index contributed by atoms with van der Waals surface area (Å²) in [4.78, 5) is 18.6. The largest absolute Gasteiger partial charge is 0.490 e. The summed E-state index contributed by atoms with van der Waals surface area (Å²) in [5.74, 6) is 1.13. The van der Waals surface area contributed by atoms with Crippen LogP contribution in [0.1, 0.15) is 18.1 Å². The van der Waals surface area contributed by atoms with E-state index >= 15 is 0 Å². The Morgan fingerprint density at radius 3 is 2.69 bits per heavy atom. The second kappa shape index (κ2) is 11.2. The quantitative estimate of drug-likeness (QED) is 0.0749. The lowest BCUT2D eigenvalue weighted by molar-refractivity contribution is -0.384. The number of thioether (sulfide) groups is 1. The molecule has 176 valence electrons. The molecule has 0 aliphatic heterocycles. The van der Waals surface area contributed by atoms with E-state index in [0.717, 1.165) is 25.7 Å². The van der Waals surface area contributed by atoms with Crippen LogP contribution in [0.5, 0.6) is 11.5 Å². The zero-order valence-electron chi connectivity index (χ0n) is 18.5. The van der Waals surface area contributed by atoms with Crippen LogP contribution in [0.4, 0.5) is 5.69 Å². The summed E-state index contributed by atoms with van der Waals surface area (Å²) in [6.07, 6.45) is 1.78. The number of allylic oxidation sites excluding steroid dienone is 1. The van der Waals surface area contributed by atoms with Crippen molar-refractivity contribution in [2.75, 3.05) is 6.61 Å². The molecule has 4 rings (SSSR count). The van der Waals surface area contributed by atoms with Gasteiger partial charge in [-0.1, -0.05) is 12.1 Å². The molecule has 1 heterocycles. The van der Waals surface area contributed by atoms with Gasteiger partial charge in [-0.3, -0.25) is 10.1 Å². The van der Waals surface area contributed by atoms with Crippen LogP contribution in [0.15, 0.2) is 70.7 Å². The van der Waals surface area contributed by atoms with Gasteiger partial charge in [0.15, 0.2) is 16.7 Å². The van der Waals surface area contributed by atoms with Crippen LogP contribution >= 0.6 is 34.4 Å². The molecule has 10 heteroatoms. The Labute approximate surface area is 219 Å². The molecule has 0 bridgehead atoms. The van der Waals surface area contributed by atoms with E-state index < -0.39 is 4.92 Å². The summed E-state index contributed by atoms with van der Waals surface area (Å²) in [6.45, 7) is 2.55. The standard InChI is InChI=1S/C25H19IN4O4S/c1-2-33-23-13-17(11-19(14-27)35-25-28-21-5-3-4-6-22(21)29-25)12-20(26)24(23)34-15-16-7-9-18(10-8-16)30(31)32/h3-13H,2,15H2,1H3,(H,28,29)/b19-11+. The molecule has 0 amide bonds. The molecule has 1 aromatic heterocycles. The zero-order valence-corrected chi connectivity index (χ0v) is 21.5. The first kappa shape index (κ1) is 24.6. The SMILES string of the molecule is CCOc1cc(/C=C(\C#N)Sc2nc3ccccc3[nH]2)cc(I)c1OCc1ccc([N+](=O)[O-])cc1. The number of nitrogens with zero attached hydrogens (tertiary/aromatic N) is 3. The minimum absolute atomic E-state index is 0.0308. The number of imidazole rings is 1. The third-order valence-electron chi connectivity index (χ3n) is 4.84. The van der Waals surface area contributed by atoms with Gasteiger partial charge in [0.2, 0.25) is 0 Å². The molecule has 0 saturated carbocycles. The summed E-state index contributed by atoms with van der Waals surface area (Å²) in [5, 5.41) is 21.2. The topological polar surface area (TPSA) is 114 Å². The van der Waals surface area contributed by atoms with Crippen molar-refractivity contribution < 1.29 is 14.4 Å². The third kappa shape index (κ3) is 6.12. The molecular formula is C25H19IN4O4S. The number of hydrogen-bond acceptors (Lipinski definition) is 7. The molecular weight excluding hydrogens is 579 g/mol. The van der Waals surface area contributed by atoms with Gasteiger partial charge < -0.3 is 14.5 Å². The molecule has 0 radical (unpaired) electrons. The number of halogens is 1. The predicted octanol–water partition coefficient (Wildman–Crippen LogP) is 6.71. The lowest BCUT2D eigenvalue weighted by Crippen LogP contribution is -2.02. The van der Waals surface area contributed by atoms with Gasteiger partial charge in [0, 0.05) is 12.1 Å². The molecule has 35 heavy (non-hydrogen) atoms. The molecule has 0 aliphatic rings. The number of benzene rings is 3. The van der Waals surface area contributed by atoms with Crippen molar-refractivity contribution in [3.05, 3.63) is 90.4 Å². The normalized spacial score (nSPS) is 11.3. The molecule has 0 unspecified atom stereocenters. The first-order valence-electron chi connectivity index (χ1n) is 10.5. The second-order valence-corrected chi connectivity index (χ2v) is 9.45. The van der Waals surface area contributed by atoms with E-state index in [1.807, 2.05) is 43.3 Å². The fourth-order valence-electron chi connectivity index (χ4n) is 3.26. The third-order valence-corrected chi connectivity index (χ3v) is 6.46. The Morgan fingerprint density at radius 2 is 2.00 bits per heavy atom. The molecule has 0 spiro atoms. The molecule has 3 aromatic carbocycles. The van der Waals surface area contributed by atoms with E-state index in [0.29, 0.717) is 28.2 Å². The highest BCUT2D eigenvalue weighted by atomic mass is 127. The Kier molecular flexibility index (Phi) is 7.89. The summed E-state index contributed by atoms with van der Waals surface area (Å²) < 4.78 is 12.6. The lowest BCUT2D eigenvalue weighted by Gasteiger charge is -2.15. The Balaban J connectivity index is 1.55. The lowest BCUT2D eigenvalue weighted by atomic mass is 10.2. The molecule has 0 saturated heterocycles. The highest BCUT2D eigenvalue weighted by Gasteiger charge is 2.14. The smallest absolute Gasteiger partial charge is 0.269 e. The average molecular weight is 598 g/mol. The van der Waals surface area contributed by atoms with Gasteiger partial charge in [-0.25, -0.2) is 4.98 Å². The van der Waals surface area contributed by atoms with Crippen molar-refractivity contribution in [2.45, 2.75) is 18.7 Å². The number of aromatic amines is 1. The monoisotopic (exact) mass is 598 g/mol. The fourth-order valence-corrected chi connectivity index (χ4v) is 4.80. The number of ether oxygens (including phenoxy) is 2. The maximum atomic E-state index is 10.9. The predicted molar refractivity (Wildman–Crippen MR) is 143 cm³/mol. The van der Waals surface area contributed by atoms with Crippen LogP contribution in [0, 0.1) is 25.0 Å². The highest BCUT2D eigenvalue weighted by molar-refractivity contribution is 14.1. The summed E-state index contributed by atoms with van der Waals surface area (Å²) >= 11 is 3.43. The minimum atomic E-state index is -0.436. The molecule has 0 atom stereocenters. The van der Waals surface area contributed by atoms with Gasteiger partial charge in [-0.05, 0) is 94.9 Å². The number of nitrogens with one attached hydrogen (secondary N) is 1. The molecule has 0 aliphatic carbocycles. The van der Waals surface area contributed by atoms with Crippen LogP contribution in [0.3, 0.4) is 0 Å². The Hall–Kier alpha value is -3.56. The van der Waals surface area contributed by atoms with Crippen LogP contribution in [0.25, 0.3) is 17.1 Å². The van der Waals surface area contributed by atoms with Crippen LogP contribution in [-0.2, 0) is 6.61 Å². The maximum absolute atomic E-state index is 10.9. The highest BCUT2D eigenvalue weighted by Crippen LogP contribution is 2.36. The number of H-pyrrole nitrogens is 1. The van der Waals surface area contributed by atoms with Crippen molar-refractivity contribution >= 4 is 57.1 Å². The number of nitro groups is 1. The van der Waals surface area contributed by atoms with Gasteiger partial charge in [0.1, 0.15) is 12.7 Å². The number of hydrogen-bond donors (Lipinski definition) is 1. The molecule has 8 nitrogen and oxygen atoms in total. The van der Waals surface area contributed by atoms with Crippen molar-refractivity contribution in [2.24, 2.45) is 0 Å². The Bertz CT molecular complexity index is 1410. The average Bonchev–Trinajstić information content (AvgIpc) is 3.26. The molecule has 4 aromatic rings. The van der Waals surface area contributed by atoms with E-state index in [1.54, 1.807) is 18.2 Å². The van der Waals surface area contributed by atoms with Crippen LogP contribution < -0.4 is 9.47 Å². The van der Waals surface area contributed by atoms with E-state index in [9.17, 15) is 15.4 Å². The van der Waals surface area contributed by atoms with E-state index in [-0.39, 0.29) is 12.3 Å². The minimum Gasteiger partial charge on any atom is -0.490 e. The van der Waals surface area contributed by atoms with Gasteiger partial charge in [0.25, 0.3) is 5.69 Å². The Morgan fingerprint density at radius 1 is 1.23 bits per heavy atom. The summed E-state index contributed by atoms with van der Waals surface area (Å²) in [6, 6.07) is 19.9. The summed E-state index contributed by atoms with van der Waals surface area (Å²) in [7, 11) is 0. The second-order valence-electron chi connectivity index (χ2n) is 7.26. The number of nitriles is 1. The number of para-hydroxylation sites is 2. The van der Waals surface area contributed by atoms with E-state index in [2.05, 4.69) is 38.6 Å². The first-order valence-corrected chi connectivity index (χ1v) is 12.4. The summed E-state index contributed by atoms with van der Waals surface area (Å²) in [5.41, 5.74) is 3.38. The first-order chi connectivity index (χ1) is 17.0. The number of rotatable bonds is 9. The van der Waals surface area contributed by atoms with Crippen molar-refractivity contribution in [1.29, 1.82) is 5.26 Å². The van der Waals surface area contributed by atoms with Crippen LogP contribution in [0.2, 0.25) is 0 Å². The van der Waals surface area contributed by atoms with E-state index in [1.165, 1.54) is 23.9 Å². The number of non-ortho nitro benzene ring substituents is 1.